The lowest BCUT2D eigenvalue weighted by Gasteiger charge is -2.05. The second-order valence-electron chi connectivity index (χ2n) is 9.93. The zero-order chi connectivity index (χ0) is 26.8. The molecule has 3 aromatic heterocycles. The molecule has 0 radical (unpaired) electrons. The molecular weight excluding hydrogens is 638 g/mol. The van der Waals surface area contributed by atoms with Crippen molar-refractivity contribution in [3.8, 4) is 5.82 Å². The van der Waals surface area contributed by atoms with Crippen molar-refractivity contribution in [2.75, 3.05) is 0 Å². The van der Waals surface area contributed by atoms with Crippen LogP contribution in [0.5, 0.6) is 0 Å². The SMILES string of the molecule is Brc1ccc2c(c1)CN=C2.Brc1ccc2cnn(-c3cccc(C4CC4)n3)c2c1.Clc1cccc(C2CC2)n1. The van der Waals surface area contributed by atoms with Gasteiger partial charge in [0.2, 0.25) is 0 Å². The van der Waals surface area contributed by atoms with Gasteiger partial charge in [-0.15, -0.1) is 0 Å². The molecule has 196 valence electrons. The normalized spacial score (nSPS) is 15.3. The van der Waals surface area contributed by atoms with Gasteiger partial charge in [0, 0.05) is 43.8 Å². The van der Waals surface area contributed by atoms with E-state index >= 15 is 0 Å². The number of halogens is 3. The number of hydrogen-bond acceptors (Lipinski definition) is 4. The Labute approximate surface area is 249 Å². The molecule has 3 aliphatic rings. The Kier molecular flexibility index (Phi) is 7.91. The fourth-order valence-electron chi connectivity index (χ4n) is 4.45. The van der Waals surface area contributed by atoms with Crippen molar-refractivity contribution < 1.29 is 0 Å². The summed E-state index contributed by atoms with van der Waals surface area (Å²) < 4.78 is 4.10. The standard InChI is InChI=1S/C15H12BrN3.C8H6BrN.C8H8ClN/c16-12-7-6-11-9-17-19(14(11)8-12)15-3-1-2-13(18-15)10-4-5-10;9-8-2-1-6-4-10-5-7(6)3-8;9-8-3-1-2-7(10-8)6-4-5-6/h1-3,6-10H,4-5H2;1-4H,5H2;1-3,6H,4-5H2. The summed E-state index contributed by atoms with van der Waals surface area (Å²) in [6.45, 7) is 0.842. The molecule has 0 amide bonds. The van der Waals surface area contributed by atoms with E-state index in [-0.39, 0.29) is 0 Å². The number of rotatable bonds is 3. The van der Waals surface area contributed by atoms with Crippen LogP contribution in [0.15, 0.2) is 92.9 Å². The number of pyridine rings is 2. The number of nitrogens with zero attached hydrogens (tertiary/aromatic N) is 5. The van der Waals surface area contributed by atoms with Gasteiger partial charge in [-0.05, 0) is 85.3 Å². The lowest BCUT2D eigenvalue weighted by Crippen LogP contribution is -2.01. The summed E-state index contributed by atoms with van der Waals surface area (Å²) in [6.07, 6.45) is 8.90. The zero-order valence-corrected chi connectivity index (χ0v) is 25.1. The summed E-state index contributed by atoms with van der Waals surface area (Å²) in [5.74, 6) is 2.27. The predicted octanol–water partition coefficient (Wildman–Crippen LogP) is 9.05. The Balaban J connectivity index is 0.000000117. The van der Waals surface area contributed by atoms with E-state index in [1.807, 2.05) is 53.5 Å². The van der Waals surface area contributed by atoms with E-state index in [1.165, 1.54) is 42.5 Å². The third-order valence-electron chi connectivity index (χ3n) is 6.83. The highest BCUT2D eigenvalue weighted by molar-refractivity contribution is 9.10. The second kappa shape index (κ2) is 11.7. The summed E-state index contributed by atoms with van der Waals surface area (Å²) in [5, 5.41) is 6.20. The molecule has 0 spiro atoms. The van der Waals surface area contributed by atoms with Crippen LogP contribution in [0, 0.1) is 0 Å². The molecule has 1 aliphatic heterocycles. The first-order valence-corrected chi connectivity index (χ1v) is 15.0. The lowest BCUT2D eigenvalue weighted by molar-refractivity contribution is 0.854. The first-order chi connectivity index (χ1) is 19.0. The Hall–Kier alpha value is -2.87. The highest BCUT2D eigenvalue weighted by Gasteiger charge is 2.25. The molecule has 2 fully saturated rings. The van der Waals surface area contributed by atoms with Gasteiger partial charge in [-0.1, -0.05) is 67.7 Å². The molecule has 2 saturated carbocycles. The molecule has 2 aliphatic carbocycles. The minimum Gasteiger partial charge on any atom is -0.288 e. The van der Waals surface area contributed by atoms with Crippen LogP contribution in [-0.4, -0.2) is 26.0 Å². The van der Waals surface area contributed by atoms with Gasteiger partial charge in [-0.3, -0.25) is 4.99 Å². The summed E-state index contributed by atoms with van der Waals surface area (Å²) in [7, 11) is 0. The Bertz CT molecular complexity index is 1660. The van der Waals surface area contributed by atoms with Gasteiger partial charge in [0.15, 0.2) is 5.82 Å². The van der Waals surface area contributed by atoms with E-state index < -0.39 is 0 Å². The molecule has 0 N–H and O–H groups in total. The maximum Gasteiger partial charge on any atom is 0.154 e. The fourth-order valence-corrected chi connectivity index (χ4v) is 5.38. The topological polar surface area (TPSA) is 56.0 Å². The van der Waals surface area contributed by atoms with Crippen LogP contribution < -0.4 is 0 Å². The molecule has 8 rings (SSSR count). The summed E-state index contributed by atoms with van der Waals surface area (Å²) in [5.41, 5.74) is 6.00. The molecule has 39 heavy (non-hydrogen) atoms. The first kappa shape index (κ1) is 26.4. The van der Waals surface area contributed by atoms with Crippen LogP contribution >= 0.6 is 43.5 Å². The fraction of sp³-hybridized carbons (Fsp3) is 0.226. The Morgan fingerprint density at radius 1 is 0.769 bits per heavy atom. The third kappa shape index (κ3) is 6.65. The first-order valence-electron chi connectivity index (χ1n) is 13.0. The number of aromatic nitrogens is 4. The van der Waals surface area contributed by atoms with Gasteiger partial charge in [-0.25, -0.2) is 14.6 Å². The number of fused-ring (bicyclic) bond motifs is 2. The summed E-state index contributed by atoms with van der Waals surface area (Å²) in [4.78, 5) is 13.1. The van der Waals surface area contributed by atoms with Crippen LogP contribution in [0.25, 0.3) is 16.7 Å². The maximum atomic E-state index is 5.71. The molecule has 5 aromatic rings. The molecule has 0 saturated heterocycles. The van der Waals surface area contributed by atoms with Crippen LogP contribution in [0.1, 0.15) is 60.0 Å². The van der Waals surface area contributed by atoms with Crippen molar-refractivity contribution in [3.63, 3.8) is 0 Å². The predicted molar refractivity (Wildman–Crippen MR) is 165 cm³/mol. The van der Waals surface area contributed by atoms with Crippen molar-refractivity contribution in [3.05, 3.63) is 116 Å². The van der Waals surface area contributed by atoms with E-state index in [0.717, 1.165) is 37.9 Å². The van der Waals surface area contributed by atoms with Crippen molar-refractivity contribution >= 4 is 60.6 Å². The number of aliphatic imine (C=N–C) groups is 1. The highest BCUT2D eigenvalue weighted by atomic mass is 79.9. The van der Waals surface area contributed by atoms with E-state index in [2.05, 4.69) is 83.3 Å². The van der Waals surface area contributed by atoms with Gasteiger partial charge in [0.25, 0.3) is 0 Å². The molecular formula is C31H26Br2ClN5. The third-order valence-corrected chi connectivity index (χ3v) is 8.03. The second-order valence-corrected chi connectivity index (χ2v) is 12.1. The highest BCUT2D eigenvalue weighted by Crippen LogP contribution is 2.39. The van der Waals surface area contributed by atoms with Gasteiger partial charge >= 0.3 is 0 Å². The van der Waals surface area contributed by atoms with E-state index in [4.69, 9.17) is 16.6 Å². The molecule has 8 heteroatoms. The summed E-state index contributed by atoms with van der Waals surface area (Å²) >= 11 is 12.6. The van der Waals surface area contributed by atoms with Crippen LogP contribution in [0.4, 0.5) is 0 Å². The Morgan fingerprint density at radius 3 is 2.21 bits per heavy atom. The van der Waals surface area contributed by atoms with Crippen LogP contribution in [0.3, 0.4) is 0 Å². The van der Waals surface area contributed by atoms with Crippen molar-refractivity contribution in [1.82, 2.24) is 19.7 Å². The van der Waals surface area contributed by atoms with Crippen molar-refractivity contribution in [2.45, 2.75) is 44.1 Å². The van der Waals surface area contributed by atoms with Crippen LogP contribution in [-0.2, 0) is 6.54 Å². The average Bonchev–Trinajstić information content (AvgIpc) is 3.88. The molecule has 0 unspecified atom stereocenters. The summed E-state index contributed by atoms with van der Waals surface area (Å²) in [6, 6.07) is 24.4. The molecule has 5 nitrogen and oxygen atoms in total. The largest absolute Gasteiger partial charge is 0.288 e. The Morgan fingerprint density at radius 2 is 1.46 bits per heavy atom. The minimum atomic E-state index is 0.615. The quantitative estimate of drug-likeness (QED) is 0.181. The molecule has 4 heterocycles. The van der Waals surface area contributed by atoms with E-state index in [1.54, 1.807) is 0 Å². The maximum absolute atomic E-state index is 5.71. The number of benzene rings is 2. The number of hydrogen-bond donors (Lipinski definition) is 0. The van der Waals surface area contributed by atoms with Gasteiger partial charge in [-0.2, -0.15) is 5.10 Å². The van der Waals surface area contributed by atoms with Crippen LogP contribution in [0.2, 0.25) is 5.15 Å². The van der Waals surface area contributed by atoms with E-state index in [9.17, 15) is 0 Å². The van der Waals surface area contributed by atoms with Gasteiger partial charge in [0.1, 0.15) is 5.15 Å². The van der Waals surface area contributed by atoms with Gasteiger partial charge in [0.05, 0.1) is 18.3 Å². The van der Waals surface area contributed by atoms with Crippen molar-refractivity contribution in [2.24, 2.45) is 4.99 Å². The molecule has 0 bridgehead atoms. The zero-order valence-electron chi connectivity index (χ0n) is 21.1. The van der Waals surface area contributed by atoms with Crippen molar-refractivity contribution in [1.29, 1.82) is 0 Å². The average molecular weight is 664 g/mol. The van der Waals surface area contributed by atoms with E-state index in [0.29, 0.717) is 17.0 Å². The lowest BCUT2D eigenvalue weighted by atomic mass is 10.1. The monoisotopic (exact) mass is 661 g/mol. The minimum absolute atomic E-state index is 0.615. The smallest absolute Gasteiger partial charge is 0.154 e. The van der Waals surface area contributed by atoms with Gasteiger partial charge < -0.3 is 0 Å². The molecule has 2 aromatic carbocycles. The molecule has 0 atom stereocenters.